The average Bonchev–Trinajstić information content (AvgIpc) is 2.53. The van der Waals surface area contributed by atoms with Crippen molar-refractivity contribution in [3.63, 3.8) is 0 Å². The molecule has 28 heavy (non-hydrogen) atoms. The molecule has 9 heteroatoms. The number of alkyl halides is 6. The van der Waals surface area contributed by atoms with Crippen LogP contribution in [0.4, 0.5) is 26.3 Å². The number of carbonyl (C=O) groups is 1. The van der Waals surface area contributed by atoms with Crippen molar-refractivity contribution in [1.29, 1.82) is 0 Å². The minimum atomic E-state index is -5.09. The normalized spacial score (nSPS) is 12.8. The molecule has 2 aromatic rings. The van der Waals surface area contributed by atoms with Gasteiger partial charge < -0.3 is 9.84 Å². The van der Waals surface area contributed by atoms with Gasteiger partial charge in [-0.15, -0.1) is 0 Å². The van der Waals surface area contributed by atoms with Crippen molar-refractivity contribution in [3.8, 4) is 11.5 Å². The van der Waals surface area contributed by atoms with Gasteiger partial charge in [-0.1, -0.05) is 26.8 Å². The van der Waals surface area contributed by atoms with Crippen molar-refractivity contribution in [2.24, 2.45) is 0 Å². The third-order valence-electron chi connectivity index (χ3n) is 3.85. The molecular weight excluding hydrogens is 390 g/mol. The predicted molar refractivity (Wildman–Crippen MR) is 88.2 cm³/mol. The van der Waals surface area contributed by atoms with E-state index in [4.69, 9.17) is 4.74 Å². The first-order chi connectivity index (χ1) is 12.6. The SMILES string of the molecule is CC(C)(C)c1ccc(OC(=O)c2cc(C(F)(F)F)cc(C(F)(F)F)c2)c(O)c1. The summed E-state index contributed by atoms with van der Waals surface area (Å²) in [5.41, 5.74) is -3.88. The Hall–Kier alpha value is -2.71. The summed E-state index contributed by atoms with van der Waals surface area (Å²) in [5, 5.41) is 9.98. The van der Waals surface area contributed by atoms with Gasteiger partial charge in [0.05, 0.1) is 16.7 Å². The van der Waals surface area contributed by atoms with Crippen LogP contribution in [0.15, 0.2) is 36.4 Å². The van der Waals surface area contributed by atoms with E-state index in [-0.39, 0.29) is 29.4 Å². The number of ether oxygens (including phenoxy) is 1. The Morgan fingerprint density at radius 1 is 0.821 bits per heavy atom. The monoisotopic (exact) mass is 406 g/mol. The zero-order chi connectivity index (χ0) is 21.5. The summed E-state index contributed by atoms with van der Waals surface area (Å²) in [6.45, 7) is 5.57. The number of benzene rings is 2. The van der Waals surface area contributed by atoms with Gasteiger partial charge in [0.1, 0.15) is 0 Å². The van der Waals surface area contributed by atoms with Crippen LogP contribution < -0.4 is 4.74 Å². The van der Waals surface area contributed by atoms with E-state index >= 15 is 0 Å². The van der Waals surface area contributed by atoms with E-state index in [1.54, 1.807) is 0 Å². The van der Waals surface area contributed by atoms with E-state index in [9.17, 15) is 36.2 Å². The lowest BCUT2D eigenvalue weighted by Crippen LogP contribution is -2.16. The summed E-state index contributed by atoms with van der Waals surface area (Å²) in [5.74, 6) is -2.32. The Labute approximate surface area is 156 Å². The second-order valence-corrected chi connectivity index (χ2v) is 7.12. The van der Waals surface area contributed by atoms with Crippen LogP contribution in [-0.4, -0.2) is 11.1 Å². The zero-order valence-corrected chi connectivity index (χ0v) is 15.0. The molecule has 0 aliphatic carbocycles. The minimum Gasteiger partial charge on any atom is -0.504 e. The van der Waals surface area contributed by atoms with Crippen LogP contribution >= 0.6 is 0 Å². The lowest BCUT2D eigenvalue weighted by Gasteiger charge is -2.20. The minimum absolute atomic E-state index is 0.0909. The molecule has 3 nitrogen and oxygen atoms in total. The first-order valence-electron chi connectivity index (χ1n) is 7.94. The van der Waals surface area contributed by atoms with Gasteiger partial charge in [-0.25, -0.2) is 4.79 Å². The Bertz CT molecular complexity index is 860. The number of halogens is 6. The highest BCUT2D eigenvalue weighted by Gasteiger charge is 2.37. The fraction of sp³-hybridized carbons (Fsp3) is 0.316. The quantitative estimate of drug-likeness (QED) is 0.381. The zero-order valence-electron chi connectivity index (χ0n) is 15.0. The van der Waals surface area contributed by atoms with Gasteiger partial charge in [0.15, 0.2) is 11.5 Å². The fourth-order valence-electron chi connectivity index (χ4n) is 2.30. The van der Waals surface area contributed by atoms with Gasteiger partial charge in [-0.05, 0) is 41.3 Å². The van der Waals surface area contributed by atoms with Crippen LogP contribution in [0.5, 0.6) is 11.5 Å². The van der Waals surface area contributed by atoms with Gasteiger partial charge in [0.2, 0.25) is 0 Å². The maximum atomic E-state index is 12.9. The molecule has 0 radical (unpaired) electrons. The molecule has 0 fully saturated rings. The summed E-state index contributed by atoms with van der Waals surface area (Å²) >= 11 is 0. The summed E-state index contributed by atoms with van der Waals surface area (Å²) in [6, 6.07) is 4.47. The summed E-state index contributed by atoms with van der Waals surface area (Å²) < 4.78 is 82.1. The molecule has 0 spiro atoms. The molecule has 0 atom stereocenters. The smallest absolute Gasteiger partial charge is 0.416 e. The molecule has 0 aliphatic heterocycles. The lowest BCUT2D eigenvalue weighted by atomic mass is 9.87. The lowest BCUT2D eigenvalue weighted by molar-refractivity contribution is -0.143. The second kappa shape index (κ2) is 7.03. The molecule has 0 unspecified atom stereocenters. The summed E-state index contributed by atoms with van der Waals surface area (Å²) in [6.07, 6.45) is -10.2. The predicted octanol–water partition coefficient (Wildman–Crippen LogP) is 5.95. The number of hydrogen-bond donors (Lipinski definition) is 1. The molecule has 1 N–H and O–H groups in total. The van der Waals surface area contributed by atoms with Gasteiger partial charge in [0.25, 0.3) is 0 Å². The van der Waals surface area contributed by atoms with Gasteiger partial charge in [-0.2, -0.15) is 26.3 Å². The first kappa shape index (κ1) is 21.6. The maximum Gasteiger partial charge on any atom is 0.416 e. The topological polar surface area (TPSA) is 46.5 Å². The third-order valence-corrected chi connectivity index (χ3v) is 3.85. The molecule has 0 saturated carbocycles. The fourth-order valence-corrected chi connectivity index (χ4v) is 2.30. The Morgan fingerprint density at radius 3 is 1.71 bits per heavy atom. The standard InChI is InChI=1S/C19H16F6O3/c1-17(2,3)11-4-5-15(14(26)9-11)28-16(27)10-6-12(18(20,21)22)8-13(7-10)19(23,24)25/h4-9,26H,1-3H3. The van der Waals surface area contributed by atoms with Gasteiger partial charge >= 0.3 is 18.3 Å². The molecule has 0 aromatic heterocycles. The number of rotatable bonds is 2. The van der Waals surface area contributed by atoms with E-state index < -0.39 is 40.8 Å². The molecule has 2 aromatic carbocycles. The molecule has 2 rings (SSSR count). The summed E-state index contributed by atoms with van der Waals surface area (Å²) in [4.78, 5) is 12.1. The molecular formula is C19H16F6O3. The third kappa shape index (κ3) is 4.96. The van der Waals surface area contributed by atoms with E-state index in [1.165, 1.54) is 18.2 Å². The van der Waals surface area contributed by atoms with Crippen molar-refractivity contribution in [2.45, 2.75) is 38.5 Å². The van der Waals surface area contributed by atoms with Gasteiger partial charge in [-0.3, -0.25) is 0 Å². The van der Waals surface area contributed by atoms with Crippen molar-refractivity contribution in [3.05, 3.63) is 58.7 Å². The summed E-state index contributed by atoms with van der Waals surface area (Å²) in [7, 11) is 0. The Balaban J connectivity index is 2.42. The Kier molecular flexibility index (Phi) is 5.42. The van der Waals surface area contributed by atoms with Crippen molar-refractivity contribution in [1.82, 2.24) is 0 Å². The number of phenols is 1. The van der Waals surface area contributed by atoms with Crippen molar-refractivity contribution in [2.75, 3.05) is 0 Å². The molecule has 0 heterocycles. The van der Waals surface area contributed by atoms with Crippen LogP contribution in [0.3, 0.4) is 0 Å². The van der Waals surface area contributed by atoms with E-state index in [1.807, 2.05) is 20.8 Å². The molecule has 0 bridgehead atoms. The van der Waals surface area contributed by atoms with E-state index in [2.05, 4.69) is 0 Å². The highest BCUT2D eigenvalue weighted by molar-refractivity contribution is 5.92. The van der Waals surface area contributed by atoms with Crippen molar-refractivity contribution >= 4 is 5.97 Å². The molecule has 0 amide bonds. The average molecular weight is 406 g/mol. The second-order valence-electron chi connectivity index (χ2n) is 7.12. The van der Waals surface area contributed by atoms with Crippen LogP contribution in [0.1, 0.15) is 47.8 Å². The van der Waals surface area contributed by atoms with E-state index in [0.717, 1.165) is 0 Å². The van der Waals surface area contributed by atoms with Crippen LogP contribution in [-0.2, 0) is 17.8 Å². The first-order valence-corrected chi connectivity index (χ1v) is 7.94. The van der Waals surface area contributed by atoms with Crippen LogP contribution in [0, 0.1) is 0 Å². The Morgan fingerprint density at radius 2 is 1.32 bits per heavy atom. The number of carbonyl (C=O) groups excluding carboxylic acids is 1. The molecule has 152 valence electrons. The molecule has 0 saturated heterocycles. The number of hydrogen-bond acceptors (Lipinski definition) is 3. The highest BCUT2D eigenvalue weighted by atomic mass is 19.4. The number of aromatic hydroxyl groups is 1. The van der Waals surface area contributed by atoms with Gasteiger partial charge in [0, 0.05) is 0 Å². The van der Waals surface area contributed by atoms with Crippen LogP contribution in [0.25, 0.3) is 0 Å². The number of phenolic OH excluding ortho intramolecular Hbond substituents is 1. The molecule has 0 aliphatic rings. The largest absolute Gasteiger partial charge is 0.504 e. The highest BCUT2D eigenvalue weighted by Crippen LogP contribution is 2.37. The van der Waals surface area contributed by atoms with Crippen LogP contribution in [0.2, 0.25) is 0 Å². The van der Waals surface area contributed by atoms with Crippen molar-refractivity contribution < 1.29 is 41.0 Å². The number of esters is 1. The maximum absolute atomic E-state index is 12.9. The van der Waals surface area contributed by atoms with E-state index in [0.29, 0.717) is 5.56 Å².